The van der Waals surface area contributed by atoms with Gasteiger partial charge in [0.05, 0.1) is 11.8 Å². The summed E-state index contributed by atoms with van der Waals surface area (Å²) in [5.41, 5.74) is 0.626. The molecule has 1 aromatic carbocycles. The van der Waals surface area contributed by atoms with E-state index in [2.05, 4.69) is 15.9 Å². The quantitative estimate of drug-likeness (QED) is 0.774. The van der Waals surface area contributed by atoms with Crippen LogP contribution in [0, 0.1) is 0 Å². The van der Waals surface area contributed by atoms with Gasteiger partial charge < -0.3 is 4.90 Å². The maximum Gasteiger partial charge on any atom is 0.242 e. The van der Waals surface area contributed by atoms with E-state index in [0.29, 0.717) is 5.69 Å². The molecule has 0 N–H and O–H groups in total. The normalized spacial score (nSPS) is 20.4. The highest BCUT2D eigenvalue weighted by Crippen LogP contribution is 2.24. The summed E-state index contributed by atoms with van der Waals surface area (Å²) in [5, 5.41) is 1.14. The lowest BCUT2D eigenvalue weighted by atomic mass is 10.2. The Morgan fingerprint density at radius 1 is 1.37 bits per heavy atom. The average Bonchev–Trinajstić information content (AvgIpc) is 2.72. The van der Waals surface area contributed by atoms with Crippen LogP contribution >= 0.6 is 27.5 Å². The minimum atomic E-state index is -3.23. The molecule has 102 valence electrons. The molecule has 1 aliphatic rings. The van der Waals surface area contributed by atoms with Gasteiger partial charge in [0.15, 0.2) is 9.84 Å². The Hall–Kier alpha value is -0.850. The third-order valence-corrected chi connectivity index (χ3v) is 4.87. The van der Waals surface area contributed by atoms with Crippen LogP contribution in [0.5, 0.6) is 0 Å². The highest BCUT2D eigenvalue weighted by molar-refractivity contribution is 9.10. The fraction of sp³-hybridized carbons (Fsp3) is 0.250. The molecule has 1 heterocycles. The number of anilines is 1. The third kappa shape index (κ3) is 3.38. The van der Waals surface area contributed by atoms with Gasteiger partial charge in [-0.25, -0.2) is 8.42 Å². The lowest BCUT2D eigenvalue weighted by Crippen LogP contribution is -2.41. The highest BCUT2D eigenvalue weighted by atomic mass is 79.9. The topological polar surface area (TPSA) is 54.5 Å². The van der Waals surface area contributed by atoms with Crippen molar-refractivity contribution in [3.8, 4) is 0 Å². The Bertz CT molecular complexity index is 612. The van der Waals surface area contributed by atoms with E-state index < -0.39 is 15.9 Å². The molecule has 0 spiro atoms. The van der Waals surface area contributed by atoms with Crippen LogP contribution in [-0.2, 0) is 14.6 Å². The van der Waals surface area contributed by atoms with Crippen molar-refractivity contribution < 1.29 is 13.2 Å². The van der Waals surface area contributed by atoms with E-state index in [1.807, 2.05) is 0 Å². The predicted molar refractivity (Wildman–Crippen MR) is 79.1 cm³/mol. The van der Waals surface area contributed by atoms with Crippen molar-refractivity contribution in [1.29, 1.82) is 0 Å². The van der Waals surface area contributed by atoms with E-state index in [1.54, 1.807) is 24.3 Å². The van der Waals surface area contributed by atoms with Gasteiger partial charge in [0.25, 0.3) is 0 Å². The number of alkyl halides is 1. The van der Waals surface area contributed by atoms with Crippen molar-refractivity contribution >= 4 is 49.0 Å². The molecule has 2 rings (SSSR count). The number of nitrogens with zero attached hydrogens (tertiary/aromatic N) is 1. The van der Waals surface area contributed by atoms with Crippen molar-refractivity contribution in [2.75, 3.05) is 16.5 Å². The van der Waals surface area contributed by atoms with Gasteiger partial charge in [0.2, 0.25) is 5.91 Å². The summed E-state index contributed by atoms with van der Waals surface area (Å²) in [7, 11) is -3.23. The molecule has 19 heavy (non-hydrogen) atoms. The molecule has 1 aromatic rings. The maximum atomic E-state index is 11.9. The summed E-state index contributed by atoms with van der Waals surface area (Å²) in [5.74, 6) is -0.623. The first kappa shape index (κ1) is 14.6. The maximum absolute atomic E-state index is 11.9. The van der Waals surface area contributed by atoms with E-state index in [4.69, 9.17) is 11.6 Å². The Labute approximate surface area is 125 Å². The summed E-state index contributed by atoms with van der Waals surface area (Å²) < 4.78 is 23.8. The summed E-state index contributed by atoms with van der Waals surface area (Å²) in [6, 6.07) is 6.56. The van der Waals surface area contributed by atoms with Crippen molar-refractivity contribution in [3.05, 3.63) is 40.2 Å². The first-order valence-electron chi connectivity index (χ1n) is 5.47. The SMILES string of the molecule is O=C(CCl)N(c1ccc(Br)cc1)C1C=CS(=O)(=O)C1. The van der Waals surface area contributed by atoms with E-state index in [0.717, 1.165) is 9.88 Å². The second-order valence-electron chi connectivity index (χ2n) is 4.10. The molecule has 1 aliphatic heterocycles. The first-order chi connectivity index (χ1) is 8.93. The molecule has 1 amide bonds. The standard InChI is InChI=1S/C12H11BrClNO3S/c13-9-1-3-10(4-2-9)15(12(16)7-14)11-5-6-19(17,18)8-11/h1-6,11H,7-8H2. The van der Waals surface area contributed by atoms with Crippen LogP contribution in [0.15, 0.2) is 40.2 Å². The van der Waals surface area contributed by atoms with E-state index in [-0.39, 0.29) is 17.5 Å². The van der Waals surface area contributed by atoms with Crippen LogP contribution in [0.3, 0.4) is 0 Å². The largest absolute Gasteiger partial charge is 0.303 e. The predicted octanol–water partition coefficient (Wildman–Crippen LogP) is 2.33. The van der Waals surface area contributed by atoms with Crippen LogP contribution in [0.2, 0.25) is 0 Å². The lowest BCUT2D eigenvalue weighted by Gasteiger charge is -2.27. The number of sulfone groups is 1. The van der Waals surface area contributed by atoms with Crippen molar-refractivity contribution in [2.45, 2.75) is 6.04 Å². The van der Waals surface area contributed by atoms with Crippen molar-refractivity contribution in [2.24, 2.45) is 0 Å². The van der Waals surface area contributed by atoms with Gasteiger partial charge in [-0.2, -0.15) is 0 Å². The first-order valence-corrected chi connectivity index (χ1v) is 8.52. The van der Waals surface area contributed by atoms with Crippen LogP contribution < -0.4 is 4.90 Å². The average molecular weight is 365 g/mol. The summed E-state index contributed by atoms with van der Waals surface area (Å²) in [4.78, 5) is 13.4. The van der Waals surface area contributed by atoms with Crippen LogP contribution in [0.1, 0.15) is 0 Å². The third-order valence-electron chi connectivity index (χ3n) is 2.73. The molecule has 0 radical (unpaired) electrons. The zero-order chi connectivity index (χ0) is 14.0. The minimum Gasteiger partial charge on any atom is -0.303 e. The van der Waals surface area contributed by atoms with Crippen LogP contribution in [0.25, 0.3) is 0 Å². The molecular weight excluding hydrogens is 354 g/mol. The number of hydrogen-bond donors (Lipinski definition) is 0. The van der Waals surface area contributed by atoms with Crippen molar-refractivity contribution in [3.63, 3.8) is 0 Å². The molecule has 0 aromatic heterocycles. The molecule has 0 aliphatic carbocycles. The van der Waals surface area contributed by atoms with Crippen LogP contribution in [0.4, 0.5) is 5.69 Å². The number of benzene rings is 1. The zero-order valence-electron chi connectivity index (χ0n) is 9.79. The molecule has 1 unspecified atom stereocenters. The second kappa shape index (κ2) is 5.64. The fourth-order valence-electron chi connectivity index (χ4n) is 1.91. The van der Waals surface area contributed by atoms with Gasteiger partial charge in [-0.3, -0.25) is 4.79 Å². The molecule has 0 saturated heterocycles. The number of rotatable bonds is 3. The number of halogens is 2. The lowest BCUT2D eigenvalue weighted by molar-refractivity contribution is -0.116. The van der Waals surface area contributed by atoms with Gasteiger partial charge >= 0.3 is 0 Å². The Morgan fingerprint density at radius 3 is 2.47 bits per heavy atom. The van der Waals surface area contributed by atoms with Gasteiger partial charge in [0.1, 0.15) is 5.88 Å². The number of hydrogen-bond acceptors (Lipinski definition) is 3. The molecule has 0 bridgehead atoms. The number of amides is 1. The van der Waals surface area contributed by atoms with E-state index in [1.165, 1.54) is 11.0 Å². The molecule has 4 nitrogen and oxygen atoms in total. The number of carbonyl (C=O) groups excluding carboxylic acids is 1. The smallest absolute Gasteiger partial charge is 0.242 e. The highest BCUT2D eigenvalue weighted by Gasteiger charge is 2.30. The second-order valence-corrected chi connectivity index (χ2v) is 7.21. The molecule has 1 atom stereocenters. The Morgan fingerprint density at radius 2 is 2.00 bits per heavy atom. The summed E-state index contributed by atoms with van der Waals surface area (Å²) >= 11 is 8.91. The molecule has 0 fully saturated rings. The summed E-state index contributed by atoms with van der Waals surface area (Å²) in [6.07, 6.45) is 1.52. The Kier molecular flexibility index (Phi) is 4.32. The van der Waals surface area contributed by atoms with Gasteiger partial charge in [-0.1, -0.05) is 15.9 Å². The molecule has 0 saturated carbocycles. The zero-order valence-corrected chi connectivity index (χ0v) is 13.0. The summed E-state index contributed by atoms with van der Waals surface area (Å²) in [6.45, 7) is 0. The van der Waals surface area contributed by atoms with E-state index >= 15 is 0 Å². The molecular formula is C12H11BrClNO3S. The van der Waals surface area contributed by atoms with Gasteiger partial charge in [0, 0.05) is 15.6 Å². The van der Waals surface area contributed by atoms with Gasteiger partial charge in [-0.15, -0.1) is 11.6 Å². The van der Waals surface area contributed by atoms with Crippen LogP contribution in [-0.4, -0.2) is 32.0 Å². The Balaban J connectivity index is 2.35. The monoisotopic (exact) mass is 363 g/mol. The van der Waals surface area contributed by atoms with Gasteiger partial charge in [-0.05, 0) is 30.3 Å². The van der Waals surface area contributed by atoms with Crippen molar-refractivity contribution in [1.82, 2.24) is 0 Å². The minimum absolute atomic E-state index is 0.105. The number of carbonyl (C=O) groups is 1. The fourth-order valence-corrected chi connectivity index (χ4v) is 3.57. The molecule has 7 heteroatoms. The van der Waals surface area contributed by atoms with E-state index in [9.17, 15) is 13.2 Å².